The second-order valence-corrected chi connectivity index (χ2v) is 14.0. The average Bonchev–Trinajstić information content (AvgIpc) is 2.90. The van der Waals surface area contributed by atoms with E-state index in [1.165, 1.54) is 77.0 Å². The Morgan fingerprint density at radius 2 is 1.29 bits per heavy atom. The minimum absolute atomic E-state index is 0.0625. The first-order valence-corrected chi connectivity index (χ1v) is 18.1. The number of hydrogen-bond donors (Lipinski definition) is 3. The Labute approximate surface area is 252 Å². The molecule has 0 saturated heterocycles. The van der Waals surface area contributed by atoms with Gasteiger partial charge in [-0.3, -0.25) is 13.8 Å². The minimum atomic E-state index is -4.30. The quantitative estimate of drug-likeness (QED) is 0.0350. The summed E-state index contributed by atoms with van der Waals surface area (Å²) in [6.45, 7) is 4.61. The Hall–Kier alpha value is -0.760. The van der Waals surface area contributed by atoms with Crippen molar-refractivity contribution in [2.24, 2.45) is 0 Å². The first-order valence-electron chi connectivity index (χ1n) is 16.6. The van der Waals surface area contributed by atoms with Crippen molar-refractivity contribution in [1.29, 1.82) is 0 Å². The molecule has 0 aromatic carbocycles. The Bertz CT molecular complexity index is 698. The largest absolute Gasteiger partial charge is 0.472 e. The molecule has 0 heterocycles. The van der Waals surface area contributed by atoms with Crippen LogP contribution >= 0.6 is 7.82 Å². The molecule has 0 rings (SSSR count). The highest BCUT2D eigenvalue weighted by Gasteiger charge is 2.27. The van der Waals surface area contributed by atoms with Gasteiger partial charge in [0, 0.05) is 6.42 Å². The molecule has 0 spiro atoms. The number of phosphoric acid groups is 1. The van der Waals surface area contributed by atoms with Gasteiger partial charge in [0.15, 0.2) is 0 Å². The Morgan fingerprint density at radius 3 is 1.80 bits per heavy atom. The van der Waals surface area contributed by atoms with Gasteiger partial charge in [-0.25, -0.2) is 4.57 Å². The van der Waals surface area contributed by atoms with Crippen LogP contribution in [0.1, 0.15) is 136 Å². The van der Waals surface area contributed by atoms with Crippen LogP contribution in [0.2, 0.25) is 0 Å². The highest BCUT2D eigenvalue weighted by molar-refractivity contribution is 7.47. The number of rotatable bonds is 29. The van der Waals surface area contributed by atoms with Gasteiger partial charge in [-0.15, -0.1) is 0 Å². The summed E-state index contributed by atoms with van der Waals surface area (Å²) in [5.41, 5.74) is 0. The molecule has 1 amide bonds. The molecular formula is C32H66N2O6P+. The maximum atomic E-state index is 12.4. The predicted octanol–water partition coefficient (Wildman–Crippen LogP) is 7.68. The van der Waals surface area contributed by atoms with Crippen LogP contribution in [-0.2, 0) is 18.4 Å². The number of carbonyl (C=O) groups excluding carboxylic acids is 1. The number of nitrogens with one attached hydrogen (secondary N) is 1. The normalized spacial score (nSPS) is 15.2. The van der Waals surface area contributed by atoms with Gasteiger partial charge < -0.3 is 19.8 Å². The number of quaternary nitrogens is 1. The monoisotopic (exact) mass is 605 g/mol. The molecule has 41 heavy (non-hydrogen) atoms. The zero-order valence-electron chi connectivity index (χ0n) is 27.3. The highest BCUT2D eigenvalue weighted by atomic mass is 31.2. The van der Waals surface area contributed by atoms with Crippen molar-refractivity contribution in [3.05, 3.63) is 12.2 Å². The van der Waals surface area contributed by atoms with E-state index in [4.69, 9.17) is 9.05 Å². The maximum absolute atomic E-state index is 12.4. The number of nitrogens with zero attached hydrogens (tertiary/aromatic N) is 1. The third-order valence-electron chi connectivity index (χ3n) is 7.26. The number of aliphatic hydroxyl groups excluding tert-OH is 1. The lowest BCUT2D eigenvalue weighted by molar-refractivity contribution is -0.870. The Morgan fingerprint density at radius 1 is 0.805 bits per heavy atom. The highest BCUT2D eigenvalue weighted by Crippen LogP contribution is 2.43. The van der Waals surface area contributed by atoms with Gasteiger partial charge in [0.1, 0.15) is 13.2 Å². The van der Waals surface area contributed by atoms with Gasteiger partial charge in [-0.05, 0) is 19.3 Å². The lowest BCUT2D eigenvalue weighted by Gasteiger charge is -2.25. The molecule has 0 saturated carbocycles. The number of phosphoric ester groups is 1. The van der Waals surface area contributed by atoms with E-state index in [0.29, 0.717) is 17.4 Å². The number of hydrogen-bond acceptors (Lipinski definition) is 5. The number of aliphatic hydroxyl groups is 1. The second-order valence-electron chi connectivity index (χ2n) is 12.5. The summed E-state index contributed by atoms with van der Waals surface area (Å²) in [6, 6.07) is -0.834. The molecule has 3 atom stereocenters. The third-order valence-corrected chi connectivity index (χ3v) is 8.24. The van der Waals surface area contributed by atoms with Crippen molar-refractivity contribution in [3.63, 3.8) is 0 Å². The van der Waals surface area contributed by atoms with E-state index in [2.05, 4.69) is 19.2 Å². The van der Waals surface area contributed by atoms with Crippen LogP contribution < -0.4 is 5.32 Å². The number of likely N-dealkylation sites (N-methyl/N-ethyl adjacent to an activating group) is 1. The van der Waals surface area contributed by atoms with Crippen molar-refractivity contribution in [1.82, 2.24) is 5.32 Å². The molecule has 0 aliphatic rings. The minimum Gasteiger partial charge on any atom is -0.387 e. The number of carbonyl (C=O) groups is 1. The average molecular weight is 606 g/mol. The van der Waals surface area contributed by atoms with Gasteiger partial charge in [-0.1, -0.05) is 122 Å². The molecule has 244 valence electrons. The van der Waals surface area contributed by atoms with E-state index in [0.717, 1.165) is 38.5 Å². The topological polar surface area (TPSA) is 105 Å². The summed E-state index contributed by atoms with van der Waals surface area (Å²) in [7, 11) is 1.57. The molecule has 0 aromatic heterocycles. The summed E-state index contributed by atoms with van der Waals surface area (Å²) in [5.74, 6) is -0.204. The first-order chi connectivity index (χ1) is 19.5. The summed E-state index contributed by atoms with van der Waals surface area (Å²) in [4.78, 5) is 22.5. The zero-order chi connectivity index (χ0) is 30.8. The van der Waals surface area contributed by atoms with E-state index in [1.54, 1.807) is 6.08 Å². The zero-order valence-corrected chi connectivity index (χ0v) is 28.2. The van der Waals surface area contributed by atoms with Crippen molar-refractivity contribution in [2.45, 2.75) is 148 Å². The summed E-state index contributed by atoms with van der Waals surface area (Å²) < 4.78 is 23.2. The summed E-state index contributed by atoms with van der Waals surface area (Å²) >= 11 is 0. The molecule has 0 aliphatic carbocycles. The SMILES string of the molecule is CCCCCCCCCCCCCCCC/C=C/C(O)C(COP(=O)(O)OCC[N+](C)(C)C)NC(=O)CCCCC. The standard InChI is InChI=1S/C32H65N2O6P/c1-6-8-10-11-12-13-14-15-16-17-18-19-20-21-22-24-25-31(35)30(33-32(36)26-23-9-7-2)29-40-41(37,38)39-28-27-34(3,4)5/h24-25,30-31,35H,6-23,26-29H2,1-5H3,(H-,33,36,37,38)/p+1/b25-24+. The Kier molecular flexibility index (Phi) is 25.2. The smallest absolute Gasteiger partial charge is 0.387 e. The molecule has 0 bridgehead atoms. The van der Waals surface area contributed by atoms with Gasteiger partial charge >= 0.3 is 7.82 Å². The molecular weight excluding hydrogens is 539 g/mol. The molecule has 3 N–H and O–H groups in total. The predicted molar refractivity (Wildman–Crippen MR) is 171 cm³/mol. The third kappa shape index (κ3) is 27.8. The van der Waals surface area contributed by atoms with Crippen molar-refractivity contribution in [3.8, 4) is 0 Å². The molecule has 8 nitrogen and oxygen atoms in total. The van der Waals surface area contributed by atoms with Gasteiger partial charge in [0.25, 0.3) is 0 Å². The molecule has 0 radical (unpaired) electrons. The molecule has 9 heteroatoms. The van der Waals surface area contributed by atoms with Crippen molar-refractivity contribution < 1.29 is 32.9 Å². The van der Waals surface area contributed by atoms with Crippen LogP contribution in [0.15, 0.2) is 12.2 Å². The first kappa shape index (κ1) is 40.2. The van der Waals surface area contributed by atoms with Crippen molar-refractivity contribution in [2.75, 3.05) is 40.9 Å². The van der Waals surface area contributed by atoms with Crippen LogP contribution in [0, 0.1) is 0 Å². The van der Waals surface area contributed by atoms with Crippen LogP contribution in [0.25, 0.3) is 0 Å². The molecule has 3 unspecified atom stereocenters. The summed E-state index contributed by atoms with van der Waals surface area (Å²) in [6.07, 6.45) is 24.9. The lowest BCUT2D eigenvalue weighted by atomic mass is 10.0. The van der Waals surface area contributed by atoms with Gasteiger partial charge in [0.2, 0.25) is 5.91 Å². The maximum Gasteiger partial charge on any atom is 0.472 e. The number of allylic oxidation sites excluding steroid dienone is 1. The van der Waals surface area contributed by atoms with Crippen molar-refractivity contribution >= 4 is 13.7 Å². The van der Waals surface area contributed by atoms with Crippen LogP contribution in [0.5, 0.6) is 0 Å². The van der Waals surface area contributed by atoms with E-state index < -0.39 is 20.0 Å². The van der Waals surface area contributed by atoms with Gasteiger partial charge in [0.05, 0.1) is 39.9 Å². The van der Waals surface area contributed by atoms with Crippen LogP contribution in [-0.4, -0.2) is 73.4 Å². The molecule has 0 aliphatic heterocycles. The van der Waals surface area contributed by atoms with E-state index in [-0.39, 0.29) is 19.1 Å². The van der Waals surface area contributed by atoms with Crippen LogP contribution in [0.4, 0.5) is 0 Å². The van der Waals surface area contributed by atoms with E-state index >= 15 is 0 Å². The fourth-order valence-electron chi connectivity index (χ4n) is 4.51. The van der Waals surface area contributed by atoms with E-state index in [1.807, 2.05) is 27.2 Å². The lowest BCUT2D eigenvalue weighted by Crippen LogP contribution is -2.45. The fraction of sp³-hybridized carbons (Fsp3) is 0.906. The molecule has 0 aromatic rings. The Balaban J connectivity index is 4.34. The van der Waals surface area contributed by atoms with Crippen LogP contribution in [0.3, 0.4) is 0 Å². The molecule has 0 fully saturated rings. The second kappa shape index (κ2) is 25.7. The van der Waals surface area contributed by atoms with Gasteiger partial charge in [-0.2, -0.15) is 0 Å². The number of amides is 1. The summed E-state index contributed by atoms with van der Waals surface area (Å²) in [5, 5.41) is 13.5. The number of unbranched alkanes of at least 4 members (excludes halogenated alkanes) is 16. The van der Waals surface area contributed by atoms with E-state index in [9.17, 15) is 19.4 Å². The fourth-order valence-corrected chi connectivity index (χ4v) is 5.24.